The van der Waals surface area contributed by atoms with E-state index in [2.05, 4.69) is 10.2 Å². The number of carbonyl (C=O) groups excluding carboxylic acids is 1. The summed E-state index contributed by atoms with van der Waals surface area (Å²) in [5, 5.41) is 2.84. The Balaban J connectivity index is 2.69. The van der Waals surface area contributed by atoms with Crippen LogP contribution < -0.4 is 11.5 Å². The number of nitroso groups, excluding NO2 is 1. The minimum absolute atomic E-state index is 0.0570. The van der Waals surface area contributed by atoms with E-state index < -0.39 is 27.7 Å². The highest BCUT2D eigenvalue weighted by molar-refractivity contribution is 7.91. The Morgan fingerprint density at radius 2 is 2.05 bits per heavy atom. The van der Waals surface area contributed by atoms with Crippen LogP contribution in [0.1, 0.15) is 34.5 Å². The van der Waals surface area contributed by atoms with Gasteiger partial charge < -0.3 is 11.5 Å². The van der Waals surface area contributed by atoms with Crippen LogP contribution in [0.5, 0.6) is 0 Å². The SMILES string of the molecule is CCc1cc2c(cc1C(=O)N=C(N)N)S(=O)(=O)CC2N=O. The molecule has 112 valence electrons. The van der Waals surface area contributed by atoms with Crippen molar-refractivity contribution in [2.24, 2.45) is 21.6 Å². The summed E-state index contributed by atoms with van der Waals surface area (Å²) in [7, 11) is -3.63. The van der Waals surface area contributed by atoms with Crippen molar-refractivity contribution in [3.8, 4) is 0 Å². The maximum atomic E-state index is 12.0. The van der Waals surface area contributed by atoms with E-state index in [1.807, 2.05) is 0 Å². The zero-order chi connectivity index (χ0) is 15.8. The largest absolute Gasteiger partial charge is 0.370 e. The molecule has 0 radical (unpaired) electrons. The third kappa shape index (κ3) is 2.64. The molecule has 1 heterocycles. The second-order valence-electron chi connectivity index (χ2n) is 4.65. The number of amides is 1. The summed E-state index contributed by atoms with van der Waals surface area (Å²) in [6.07, 6.45) is 0.458. The van der Waals surface area contributed by atoms with Crippen LogP contribution in [0.15, 0.2) is 27.2 Å². The molecule has 0 saturated carbocycles. The lowest BCUT2D eigenvalue weighted by atomic mass is 9.98. The second kappa shape index (κ2) is 5.24. The van der Waals surface area contributed by atoms with E-state index in [4.69, 9.17) is 11.5 Å². The number of guanidine groups is 1. The van der Waals surface area contributed by atoms with Gasteiger partial charge in [0.2, 0.25) is 0 Å². The first-order valence-corrected chi connectivity index (χ1v) is 7.81. The van der Waals surface area contributed by atoms with Crippen LogP contribution in [0.3, 0.4) is 0 Å². The van der Waals surface area contributed by atoms with Crippen LogP contribution in [-0.4, -0.2) is 26.0 Å². The van der Waals surface area contributed by atoms with Gasteiger partial charge in [0.1, 0.15) is 6.04 Å². The Hall–Kier alpha value is -2.29. The Kier molecular flexibility index (Phi) is 3.77. The molecular formula is C12H14N4O4S. The van der Waals surface area contributed by atoms with E-state index in [1.54, 1.807) is 6.92 Å². The first-order valence-electron chi connectivity index (χ1n) is 6.16. The molecule has 21 heavy (non-hydrogen) atoms. The molecule has 8 nitrogen and oxygen atoms in total. The average Bonchev–Trinajstić information content (AvgIpc) is 2.67. The van der Waals surface area contributed by atoms with Gasteiger partial charge in [0.25, 0.3) is 5.91 Å². The van der Waals surface area contributed by atoms with Gasteiger partial charge in [-0.2, -0.15) is 9.90 Å². The number of benzene rings is 1. The summed E-state index contributed by atoms with van der Waals surface area (Å²) < 4.78 is 24.0. The molecule has 0 aromatic heterocycles. The van der Waals surface area contributed by atoms with Crippen LogP contribution in [0.2, 0.25) is 0 Å². The Bertz CT molecular complexity index is 751. The monoisotopic (exact) mass is 310 g/mol. The van der Waals surface area contributed by atoms with Crippen molar-refractivity contribution in [3.63, 3.8) is 0 Å². The van der Waals surface area contributed by atoms with Gasteiger partial charge in [-0.25, -0.2) is 8.42 Å². The summed E-state index contributed by atoms with van der Waals surface area (Å²) in [5.41, 5.74) is 11.3. The lowest BCUT2D eigenvalue weighted by molar-refractivity contribution is 0.100. The summed E-state index contributed by atoms with van der Waals surface area (Å²) in [6, 6.07) is 1.80. The normalized spacial score (nSPS) is 18.8. The van der Waals surface area contributed by atoms with Gasteiger partial charge in [-0.3, -0.25) is 4.79 Å². The van der Waals surface area contributed by atoms with Crippen LogP contribution in [0.25, 0.3) is 0 Å². The lowest BCUT2D eigenvalue weighted by Gasteiger charge is -2.09. The first kappa shape index (κ1) is 15.1. The molecule has 1 aliphatic heterocycles. The Morgan fingerprint density at radius 1 is 1.38 bits per heavy atom. The smallest absolute Gasteiger partial charge is 0.280 e. The van der Waals surface area contributed by atoms with Crippen LogP contribution in [-0.2, 0) is 16.3 Å². The lowest BCUT2D eigenvalue weighted by Crippen LogP contribution is -2.24. The molecule has 2 rings (SSSR count). The molecule has 1 aromatic carbocycles. The molecule has 1 atom stereocenters. The molecule has 0 bridgehead atoms. The van der Waals surface area contributed by atoms with Crippen molar-refractivity contribution in [1.82, 2.24) is 0 Å². The standard InChI is InChI=1S/C12H14N4O4S/c1-2-6-3-8-9(16-18)5-21(19,20)10(8)4-7(6)11(17)15-12(13)14/h3-4,9H,2,5H2,1H3,(H4,13,14,15,17). The third-order valence-corrected chi connectivity index (χ3v) is 5.05. The van der Waals surface area contributed by atoms with Crippen molar-refractivity contribution in [1.29, 1.82) is 0 Å². The van der Waals surface area contributed by atoms with Gasteiger partial charge >= 0.3 is 0 Å². The zero-order valence-electron chi connectivity index (χ0n) is 11.2. The maximum absolute atomic E-state index is 12.0. The van der Waals surface area contributed by atoms with Crippen molar-refractivity contribution in [3.05, 3.63) is 33.7 Å². The fraction of sp³-hybridized carbons (Fsp3) is 0.333. The molecule has 1 aliphatic rings. The Morgan fingerprint density at radius 3 is 2.57 bits per heavy atom. The molecular weight excluding hydrogens is 296 g/mol. The predicted octanol–water partition coefficient (Wildman–Crippen LogP) is 0.257. The number of nitrogens with two attached hydrogens (primary N) is 2. The molecule has 1 aromatic rings. The fourth-order valence-corrected chi connectivity index (χ4v) is 4.00. The van der Waals surface area contributed by atoms with Crippen molar-refractivity contribution >= 4 is 21.7 Å². The van der Waals surface area contributed by atoms with Gasteiger partial charge in [-0.15, -0.1) is 0 Å². The Labute approximate surface area is 121 Å². The summed E-state index contributed by atoms with van der Waals surface area (Å²) in [4.78, 5) is 26.1. The summed E-state index contributed by atoms with van der Waals surface area (Å²) in [6.45, 7) is 1.79. The predicted molar refractivity (Wildman–Crippen MR) is 76.5 cm³/mol. The number of aryl methyl sites for hydroxylation is 1. The van der Waals surface area contributed by atoms with E-state index in [0.29, 0.717) is 17.5 Å². The number of hydrogen-bond donors (Lipinski definition) is 2. The molecule has 0 fully saturated rings. The zero-order valence-corrected chi connectivity index (χ0v) is 12.1. The molecule has 9 heteroatoms. The molecule has 0 saturated heterocycles. The number of sulfone groups is 1. The van der Waals surface area contributed by atoms with E-state index in [0.717, 1.165) is 0 Å². The van der Waals surface area contributed by atoms with Crippen molar-refractivity contribution < 1.29 is 13.2 Å². The van der Waals surface area contributed by atoms with Crippen molar-refractivity contribution in [2.75, 3.05) is 5.75 Å². The van der Waals surface area contributed by atoms with E-state index >= 15 is 0 Å². The van der Waals surface area contributed by atoms with Gasteiger partial charge in [0, 0.05) is 11.1 Å². The van der Waals surface area contributed by atoms with E-state index in [9.17, 15) is 18.1 Å². The summed E-state index contributed by atoms with van der Waals surface area (Å²) in [5.74, 6) is -1.50. The number of fused-ring (bicyclic) bond motifs is 1. The minimum Gasteiger partial charge on any atom is -0.370 e. The highest BCUT2D eigenvalue weighted by Crippen LogP contribution is 2.37. The number of carbonyl (C=O) groups is 1. The van der Waals surface area contributed by atoms with E-state index in [-0.39, 0.29) is 16.2 Å². The summed E-state index contributed by atoms with van der Waals surface area (Å²) >= 11 is 0. The highest BCUT2D eigenvalue weighted by Gasteiger charge is 2.37. The van der Waals surface area contributed by atoms with Crippen LogP contribution >= 0.6 is 0 Å². The van der Waals surface area contributed by atoms with Crippen molar-refractivity contribution in [2.45, 2.75) is 24.3 Å². The van der Waals surface area contributed by atoms with Gasteiger partial charge in [0.05, 0.1) is 10.6 Å². The van der Waals surface area contributed by atoms with Gasteiger partial charge in [-0.05, 0) is 18.1 Å². The maximum Gasteiger partial charge on any atom is 0.280 e. The average molecular weight is 310 g/mol. The molecule has 1 amide bonds. The number of rotatable bonds is 3. The first-order chi connectivity index (χ1) is 9.80. The molecule has 0 aliphatic carbocycles. The molecule has 4 N–H and O–H groups in total. The highest BCUT2D eigenvalue weighted by atomic mass is 32.2. The fourth-order valence-electron chi connectivity index (χ4n) is 2.32. The number of aliphatic imine (C=N–C) groups is 1. The number of hydrogen-bond acceptors (Lipinski definition) is 5. The number of nitrogens with zero attached hydrogens (tertiary/aromatic N) is 2. The topological polar surface area (TPSA) is 145 Å². The van der Waals surface area contributed by atoms with Crippen LogP contribution in [0, 0.1) is 4.91 Å². The quantitative estimate of drug-likeness (QED) is 0.465. The second-order valence-corrected chi connectivity index (χ2v) is 6.65. The molecule has 1 unspecified atom stereocenters. The van der Waals surface area contributed by atoms with Crippen LogP contribution in [0.4, 0.5) is 0 Å². The van der Waals surface area contributed by atoms with Gasteiger partial charge in [0.15, 0.2) is 15.8 Å². The van der Waals surface area contributed by atoms with Gasteiger partial charge in [-0.1, -0.05) is 18.2 Å². The third-order valence-electron chi connectivity index (χ3n) is 3.28. The molecule has 0 spiro atoms. The minimum atomic E-state index is -3.63. The van der Waals surface area contributed by atoms with E-state index in [1.165, 1.54) is 12.1 Å².